The first kappa shape index (κ1) is 35.3. The van der Waals surface area contributed by atoms with E-state index in [1.54, 1.807) is 24.3 Å². The summed E-state index contributed by atoms with van der Waals surface area (Å²) in [5, 5.41) is 17.6. The van der Waals surface area contributed by atoms with Gasteiger partial charge in [0.2, 0.25) is 0 Å². The van der Waals surface area contributed by atoms with Crippen molar-refractivity contribution in [2.75, 3.05) is 6.61 Å². The predicted molar refractivity (Wildman–Crippen MR) is 188 cm³/mol. The number of azide groups is 1. The van der Waals surface area contributed by atoms with Gasteiger partial charge >= 0.3 is 5.97 Å². The molecule has 260 valence electrons. The molecule has 0 aromatic heterocycles. The van der Waals surface area contributed by atoms with Gasteiger partial charge in [-0.15, -0.1) is 0 Å². The van der Waals surface area contributed by atoms with E-state index in [9.17, 15) is 15.4 Å². The van der Waals surface area contributed by atoms with Crippen LogP contribution in [0.2, 0.25) is 5.04 Å². The van der Waals surface area contributed by atoms with Crippen molar-refractivity contribution < 1.29 is 33.3 Å². The summed E-state index contributed by atoms with van der Waals surface area (Å²) in [7, 11) is -2.91. The zero-order valence-corrected chi connectivity index (χ0v) is 29.8. The van der Waals surface area contributed by atoms with Crippen molar-refractivity contribution in [1.29, 1.82) is 0 Å². The molecule has 3 heterocycles. The van der Waals surface area contributed by atoms with Crippen LogP contribution in [-0.4, -0.2) is 75.0 Å². The lowest BCUT2D eigenvalue weighted by Crippen LogP contribution is -2.68. The fourth-order valence-corrected chi connectivity index (χ4v) is 12.4. The topological polar surface area (TPSA) is 132 Å². The number of carbonyl (C=O) groups excluding carboxylic acids is 1. The molecular weight excluding hydrogens is 639 g/mol. The molecule has 2 bridgehead atoms. The fraction of sp³-hybridized carbons (Fsp3) is 0.500. The third-order valence-corrected chi connectivity index (χ3v) is 15.5. The van der Waals surface area contributed by atoms with Gasteiger partial charge in [-0.1, -0.05) is 119 Å². The van der Waals surface area contributed by atoms with Gasteiger partial charge in [-0.25, -0.2) is 4.79 Å². The standard InChI is InChI=1S/C38H47N3O7Si/c1-24-31(23-44-49(38(3,4)5,27-17-11-7-12-18-27)28-19-13-8-14-20-28)46-37(32(33(24)42)40-41-39)48-35-25(2)34(29-21-22-30(35)45-29)47-36(43)26-15-9-6-10-16-26/h6-20,24-25,29-35,37,42H,21-23H2,1-5H3/t24-,25-,29?,30?,31?,32?,33+,34+,35?,37+/m1/s1. The molecule has 11 heteroatoms. The highest BCUT2D eigenvalue weighted by Gasteiger charge is 2.54. The molecule has 10 nitrogen and oxygen atoms in total. The van der Waals surface area contributed by atoms with Crippen LogP contribution >= 0.6 is 0 Å². The second kappa shape index (κ2) is 14.7. The number of aliphatic hydroxyl groups is 1. The third kappa shape index (κ3) is 6.94. The minimum atomic E-state index is -2.91. The van der Waals surface area contributed by atoms with Crippen molar-refractivity contribution in [3.8, 4) is 0 Å². The quantitative estimate of drug-likeness (QED) is 0.0942. The first-order valence-electron chi connectivity index (χ1n) is 17.2. The maximum Gasteiger partial charge on any atom is 0.338 e. The molecule has 0 radical (unpaired) electrons. The highest BCUT2D eigenvalue weighted by Crippen LogP contribution is 2.42. The van der Waals surface area contributed by atoms with Crippen LogP contribution in [0.1, 0.15) is 57.8 Å². The Morgan fingerprint density at radius 1 is 0.878 bits per heavy atom. The Morgan fingerprint density at radius 3 is 1.98 bits per heavy atom. The Balaban J connectivity index is 1.26. The van der Waals surface area contributed by atoms with E-state index in [2.05, 4.69) is 55.1 Å². The molecule has 10 atom stereocenters. The van der Waals surface area contributed by atoms with Crippen LogP contribution in [0, 0.1) is 11.8 Å². The number of hydrogen-bond acceptors (Lipinski definition) is 8. The molecule has 5 unspecified atom stereocenters. The summed E-state index contributed by atoms with van der Waals surface area (Å²) in [6.45, 7) is 10.7. The van der Waals surface area contributed by atoms with Gasteiger partial charge in [-0.2, -0.15) is 0 Å². The fourth-order valence-electron chi connectivity index (χ4n) is 7.88. The van der Waals surface area contributed by atoms with E-state index >= 15 is 0 Å². The molecule has 6 rings (SSSR count). The molecule has 3 aliphatic rings. The maximum atomic E-state index is 13.1. The number of esters is 1. The SMILES string of the molecule is C[C@@H]1C(CO[Si](c2ccccc2)(c2ccccc2)C(C)(C)C)O[C@@H](OC2C3CCC(O3)[C@@H](OC(=O)c3ccccc3)[C@H]2C)C(N=[N+]=[N-])[C@H]1O. The lowest BCUT2D eigenvalue weighted by molar-refractivity contribution is -0.293. The monoisotopic (exact) mass is 685 g/mol. The van der Waals surface area contributed by atoms with Crippen molar-refractivity contribution in [2.24, 2.45) is 17.0 Å². The van der Waals surface area contributed by atoms with Crippen molar-refractivity contribution >= 4 is 24.7 Å². The summed E-state index contributed by atoms with van der Waals surface area (Å²) in [6.07, 6.45) is -2.84. The summed E-state index contributed by atoms with van der Waals surface area (Å²) in [5.41, 5.74) is 9.97. The molecule has 0 spiro atoms. The van der Waals surface area contributed by atoms with Gasteiger partial charge in [0.05, 0.1) is 42.7 Å². The highest BCUT2D eigenvalue weighted by atomic mass is 28.4. The highest BCUT2D eigenvalue weighted by molar-refractivity contribution is 6.99. The van der Waals surface area contributed by atoms with Crippen LogP contribution in [-0.2, 0) is 23.4 Å². The summed E-state index contributed by atoms with van der Waals surface area (Å²) in [5.74, 6) is -1.10. The number of aliphatic hydroxyl groups excluding tert-OH is 1. The summed E-state index contributed by atoms with van der Waals surface area (Å²) in [6, 6.07) is 28.6. The Morgan fingerprint density at radius 2 is 1.43 bits per heavy atom. The molecule has 3 aromatic carbocycles. The van der Waals surface area contributed by atoms with Gasteiger partial charge in [0.1, 0.15) is 12.1 Å². The van der Waals surface area contributed by atoms with Crippen LogP contribution in [0.4, 0.5) is 0 Å². The van der Waals surface area contributed by atoms with Crippen LogP contribution in [0.5, 0.6) is 0 Å². The Hall–Kier alpha value is -3.54. The van der Waals surface area contributed by atoms with E-state index in [-0.39, 0.29) is 29.8 Å². The van der Waals surface area contributed by atoms with E-state index < -0.39 is 57.0 Å². The average molecular weight is 686 g/mol. The first-order chi connectivity index (χ1) is 23.5. The number of rotatable bonds is 10. The molecule has 3 aliphatic heterocycles. The van der Waals surface area contributed by atoms with Gasteiger partial charge in [0.25, 0.3) is 8.32 Å². The van der Waals surface area contributed by atoms with E-state index in [1.807, 2.05) is 56.3 Å². The minimum Gasteiger partial charge on any atom is -0.456 e. The molecule has 3 fully saturated rings. The van der Waals surface area contributed by atoms with Crippen molar-refractivity contribution in [3.05, 3.63) is 107 Å². The summed E-state index contributed by atoms with van der Waals surface area (Å²) >= 11 is 0. The number of benzene rings is 3. The smallest absolute Gasteiger partial charge is 0.338 e. The Labute approximate surface area is 289 Å². The molecule has 0 aliphatic carbocycles. The second-order valence-electron chi connectivity index (χ2n) is 14.5. The lowest BCUT2D eigenvalue weighted by atomic mass is 9.88. The number of ether oxygens (including phenoxy) is 4. The predicted octanol–water partition coefficient (Wildman–Crippen LogP) is 5.77. The van der Waals surface area contributed by atoms with Crippen LogP contribution in [0.25, 0.3) is 10.4 Å². The van der Waals surface area contributed by atoms with E-state index in [0.717, 1.165) is 23.2 Å². The first-order valence-corrected chi connectivity index (χ1v) is 19.2. The molecule has 1 N–H and O–H groups in total. The number of nitrogens with zero attached hydrogens (tertiary/aromatic N) is 3. The number of hydrogen-bond donors (Lipinski definition) is 1. The van der Waals surface area contributed by atoms with Crippen molar-refractivity contribution in [1.82, 2.24) is 0 Å². The number of carbonyl (C=O) groups is 1. The minimum absolute atomic E-state index is 0.188. The molecular formula is C38H47N3O7Si. The molecule has 3 aromatic rings. The second-order valence-corrected chi connectivity index (χ2v) is 18.9. The van der Waals surface area contributed by atoms with Crippen LogP contribution in [0.3, 0.4) is 0 Å². The van der Waals surface area contributed by atoms with Crippen molar-refractivity contribution in [3.63, 3.8) is 0 Å². The van der Waals surface area contributed by atoms with E-state index in [1.165, 1.54) is 0 Å². The van der Waals surface area contributed by atoms with E-state index in [0.29, 0.717) is 5.56 Å². The van der Waals surface area contributed by atoms with Gasteiger partial charge in [-0.3, -0.25) is 0 Å². The van der Waals surface area contributed by atoms with Crippen molar-refractivity contribution in [2.45, 2.75) is 101 Å². The zero-order chi connectivity index (χ0) is 34.8. The summed E-state index contributed by atoms with van der Waals surface area (Å²) in [4.78, 5) is 16.1. The van der Waals surface area contributed by atoms with E-state index in [4.69, 9.17) is 23.4 Å². The molecule has 3 saturated heterocycles. The largest absolute Gasteiger partial charge is 0.456 e. The van der Waals surface area contributed by atoms with Crippen LogP contribution < -0.4 is 10.4 Å². The Kier molecular flexibility index (Phi) is 10.6. The molecule has 0 saturated carbocycles. The van der Waals surface area contributed by atoms with Gasteiger partial charge < -0.3 is 28.5 Å². The van der Waals surface area contributed by atoms with Crippen LogP contribution in [0.15, 0.2) is 96.1 Å². The van der Waals surface area contributed by atoms with Gasteiger partial charge in [-0.05, 0) is 45.9 Å². The zero-order valence-electron chi connectivity index (χ0n) is 28.8. The third-order valence-electron chi connectivity index (χ3n) is 10.5. The summed E-state index contributed by atoms with van der Waals surface area (Å²) < 4.78 is 32.9. The Bertz CT molecular complexity index is 1560. The van der Waals surface area contributed by atoms with Gasteiger partial charge in [0, 0.05) is 16.7 Å². The maximum absolute atomic E-state index is 13.1. The lowest BCUT2D eigenvalue weighted by Gasteiger charge is -2.48. The number of fused-ring (bicyclic) bond motifs is 2. The normalized spacial score (nSPS) is 31.5. The van der Waals surface area contributed by atoms with Gasteiger partial charge in [0.15, 0.2) is 6.29 Å². The molecule has 49 heavy (non-hydrogen) atoms. The average Bonchev–Trinajstić information content (AvgIpc) is 3.55. The molecule has 0 amide bonds.